The van der Waals surface area contributed by atoms with Gasteiger partial charge in [-0.15, -0.1) is 0 Å². The molecule has 4 heterocycles. The van der Waals surface area contributed by atoms with Crippen LogP contribution in [-0.4, -0.2) is 38.8 Å². The maximum Gasteiger partial charge on any atom is 0.259 e. The summed E-state index contributed by atoms with van der Waals surface area (Å²) in [6, 6.07) is 23.8. The van der Waals surface area contributed by atoms with Gasteiger partial charge in [0.15, 0.2) is 0 Å². The van der Waals surface area contributed by atoms with Gasteiger partial charge in [-0.2, -0.15) is 0 Å². The predicted octanol–water partition coefficient (Wildman–Crippen LogP) is 5.58. The van der Waals surface area contributed by atoms with Crippen molar-refractivity contribution in [1.29, 1.82) is 0 Å². The lowest BCUT2D eigenvalue weighted by molar-refractivity contribution is 0.0702. The standard InChI is InChI=1S/C29H28N4O2/c1-21-14-15-25(19-31-21)35-28-26(12-6-16-30-28)29(34)33-17-7-10-23(20-33)27-13-5-11-24(32-27)18-22-8-3-2-4-9-22/h2-6,8-9,11-16,19,23H,7,10,17-18,20H2,1H3/t23-/m0/s1. The van der Waals surface area contributed by atoms with E-state index in [4.69, 9.17) is 9.72 Å². The molecule has 3 aromatic heterocycles. The van der Waals surface area contributed by atoms with Gasteiger partial charge in [-0.25, -0.2) is 4.98 Å². The number of likely N-dealkylation sites (tertiary alicyclic amines) is 1. The van der Waals surface area contributed by atoms with Crippen LogP contribution in [0.1, 0.15) is 51.8 Å². The fraction of sp³-hybridized carbons (Fsp3) is 0.241. The van der Waals surface area contributed by atoms with Crippen LogP contribution < -0.4 is 4.74 Å². The zero-order chi connectivity index (χ0) is 24.0. The number of rotatable bonds is 6. The van der Waals surface area contributed by atoms with Crippen molar-refractivity contribution in [2.75, 3.05) is 13.1 Å². The first-order valence-electron chi connectivity index (χ1n) is 12.0. The van der Waals surface area contributed by atoms with E-state index in [1.807, 2.05) is 30.0 Å². The minimum absolute atomic E-state index is 0.0710. The molecule has 1 aliphatic heterocycles. The Labute approximate surface area is 205 Å². The van der Waals surface area contributed by atoms with Gasteiger partial charge < -0.3 is 9.64 Å². The van der Waals surface area contributed by atoms with Crippen LogP contribution in [0, 0.1) is 6.92 Å². The summed E-state index contributed by atoms with van der Waals surface area (Å²) in [7, 11) is 0. The highest BCUT2D eigenvalue weighted by molar-refractivity contribution is 5.96. The molecule has 0 unspecified atom stereocenters. The van der Waals surface area contributed by atoms with Crippen molar-refractivity contribution in [2.24, 2.45) is 0 Å². The minimum atomic E-state index is -0.0710. The maximum absolute atomic E-state index is 13.5. The van der Waals surface area contributed by atoms with Gasteiger partial charge in [0.2, 0.25) is 5.88 Å². The average molecular weight is 465 g/mol. The molecular weight excluding hydrogens is 436 g/mol. The molecule has 1 saturated heterocycles. The number of nitrogens with zero attached hydrogens (tertiary/aromatic N) is 4. The highest BCUT2D eigenvalue weighted by Gasteiger charge is 2.28. The van der Waals surface area contributed by atoms with Crippen LogP contribution in [0.4, 0.5) is 0 Å². The third kappa shape index (κ3) is 5.54. The normalized spacial score (nSPS) is 15.6. The zero-order valence-electron chi connectivity index (χ0n) is 19.8. The number of carbonyl (C=O) groups excluding carboxylic acids is 1. The monoisotopic (exact) mass is 464 g/mol. The quantitative estimate of drug-likeness (QED) is 0.372. The Bertz CT molecular complexity index is 1290. The lowest BCUT2D eigenvalue weighted by Crippen LogP contribution is -2.39. The van der Waals surface area contributed by atoms with Crippen molar-refractivity contribution in [3.05, 3.63) is 113 Å². The lowest BCUT2D eigenvalue weighted by atomic mass is 9.93. The van der Waals surface area contributed by atoms with Gasteiger partial charge in [0.1, 0.15) is 11.3 Å². The molecule has 0 N–H and O–H groups in total. The topological polar surface area (TPSA) is 68.2 Å². The molecule has 1 amide bonds. The summed E-state index contributed by atoms with van der Waals surface area (Å²) in [4.78, 5) is 29.0. The van der Waals surface area contributed by atoms with E-state index in [9.17, 15) is 4.79 Å². The third-order valence-corrected chi connectivity index (χ3v) is 6.28. The number of aryl methyl sites for hydroxylation is 1. The summed E-state index contributed by atoms with van der Waals surface area (Å²) >= 11 is 0. The Balaban J connectivity index is 1.31. The fourth-order valence-corrected chi connectivity index (χ4v) is 4.46. The average Bonchev–Trinajstić information content (AvgIpc) is 2.91. The van der Waals surface area contributed by atoms with E-state index in [0.29, 0.717) is 30.3 Å². The maximum atomic E-state index is 13.5. The van der Waals surface area contributed by atoms with Gasteiger partial charge in [-0.05, 0) is 61.7 Å². The van der Waals surface area contributed by atoms with E-state index in [1.165, 1.54) is 5.56 Å². The van der Waals surface area contributed by atoms with Crippen LogP contribution in [0.25, 0.3) is 0 Å². The molecule has 5 rings (SSSR count). The second kappa shape index (κ2) is 10.5. The van der Waals surface area contributed by atoms with Crippen molar-refractivity contribution >= 4 is 5.91 Å². The Morgan fingerprint density at radius 2 is 1.89 bits per heavy atom. The molecular formula is C29H28N4O2. The Morgan fingerprint density at radius 3 is 2.71 bits per heavy atom. The summed E-state index contributed by atoms with van der Waals surface area (Å²) in [6.07, 6.45) is 6.02. The number of amides is 1. The van der Waals surface area contributed by atoms with Crippen molar-refractivity contribution in [3.8, 4) is 11.6 Å². The molecule has 1 fully saturated rings. The van der Waals surface area contributed by atoms with Crippen LogP contribution in [0.2, 0.25) is 0 Å². The Hall–Kier alpha value is -4.06. The number of hydrogen-bond donors (Lipinski definition) is 0. The van der Waals surface area contributed by atoms with Crippen molar-refractivity contribution in [3.63, 3.8) is 0 Å². The molecule has 6 nitrogen and oxygen atoms in total. The molecule has 4 aromatic rings. The van der Waals surface area contributed by atoms with Crippen molar-refractivity contribution in [2.45, 2.75) is 32.1 Å². The van der Waals surface area contributed by atoms with E-state index in [0.717, 1.165) is 36.3 Å². The summed E-state index contributed by atoms with van der Waals surface area (Å²) < 4.78 is 5.93. The first kappa shape index (κ1) is 22.7. The van der Waals surface area contributed by atoms with Gasteiger partial charge in [0.05, 0.1) is 6.20 Å². The molecule has 1 atom stereocenters. The van der Waals surface area contributed by atoms with Gasteiger partial charge in [0, 0.05) is 48.7 Å². The largest absolute Gasteiger partial charge is 0.437 e. The highest BCUT2D eigenvalue weighted by Crippen LogP contribution is 2.29. The van der Waals surface area contributed by atoms with E-state index >= 15 is 0 Å². The van der Waals surface area contributed by atoms with E-state index in [2.05, 4.69) is 52.4 Å². The fourth-order valence-electron chi connectivity index (χ4n) is 4.46. The molecule has 1 aliphatic rings. The minimum Gasteiger partial charge on any atom is -0.437 e. The first-order chi connectivity index (χ1) is 17.2. The molecule has 35 heavy (non-hydrogen) atoms. The summed E-state index contributed by atoms with van der Waals surface area (Å²) in [5, 5.41) is 0. The van der Waals surface area contributed by atoms with Crippen LogP contribution >= 0.6 is 0 Å². The predicted molar refractivity (Wildman–Crippen MR) is 135 cm³/mol. The van der Waals surface area contributed by atoms with E-state index in [-0.39, 0.29) is 11.8 Å². The molecule has 0 spiro atoms. The molecule has 0 radical (unpaired) electrons. The van der Waals surface area contributed by atoms with Gasteiger partial charge >= 0.3 is 0 Å². The number of ether oxygens (including phenoxy) is 1. The second-order valence-corrected chi connectivity index (χ2v) is 8.90. The van der Waals surface area contributed by atoms with E-state index in [1.54, 1.807) is 24.5 Å². The lowest BCUT2D eigenvalue weighted by Gasteiger charge is -2.33. The highest BCUT2D eigenvalue weighted by atomic mass is 16.5. The molecule has 0 saturated carbocycles. The molecule has 6 heteroatoms. The SMILES string of the molecule is Cc1ccc(Oc2ncccc2C(=O)N2CCC[C@H](c3cccc(Cc4ccccc4)n3)C2)cn1. The van der Waals surface area contributed by atoms with Gasteiger partial charge in [-0.1, -0.05) is 36.4 Å². The number of hydrogen-bond acceptors (Lipinski definition) is 5. The molecule has 176 valence electrons. The van der Waals surface area contributed by atoms with Crippen LogP contribution in [-0.2, 0) is 6.42 Å². The zero-order valence-corrected chi connectivity index (χ0v) is 19.8. The van der Waals surface area contributed by atoms with Crippen LogP contribution in [0.3, 0.4) is 0 Å². The summed E-state index contributed by atoms with van der Waals surface area (Å²) in [6.45, 7) is 3.25. The number of aromatic nitrogens is 3. The second-order valence-electron chi connectivity index (χ2n) is 8.90. The van der Waals surface area contributed by atoms with E-state index < -0.39 is 0 Å². The van der Waals surface area contributed by atoms with Crippen molar-refractivity contribution in [1.82, 2.24) is 19.9 Å². The molecule has 0 aliphatic carbocycles. The van der Waals surface area contributed by atoms with Gasteiger partial charge in [-0.3, -0.25) is 14.8 Å². The van der Waals surface area contributed by atoms with Crippen LogP contribution in [0.5, 0.6) is 11.6 Å². The molecule has 0 bridgehead atoms. The van der Waals surface area contributed by atoms with Crippen molar-refractivity contribution < 1.29 is 9.53 Å². The number of piperidine rings is 1. The number of benzene rings is 1. The number of carbonyl (C=O) groups is 1. The third-order valence-electron chi connectivity index (χ3n) is 6.28. The summed E-state index contributed by atoms with van der Waals surface area (Å²) in [5.74, 6) is 0.983. The van der Waals surface area contributed by atoms with Crippen LogP contribution in [0.15, 0.2) is 85.2 Å². The Morgan fingerprint density at radius 1 is 1.00 bits per heavy atom. The first-order valence-corrected chi connectivity index (χ1v) is 12.0. The smallest absolute Gasteiger partial charge is 0.259 e. The molecule has 1 aromatic carbocycles. The number of pyridine rings is 3. The Kier molecular flexibility index (Phi) is 6.80. The van der Waals surface area contributed by atoms with Gasteiger partial charge in [0.25, 0.3) is 5.91 Å². The summed E-state index contributed by atoms with van der Waals surface area (Å²) in [5.41, 5.74) is 4.69.